The molecule has 28 heavy (non-hydrogen) atoms. The van der Waals surface area contributed by atoms with E-state index in [4.69, 9.17) is 23.0 Å². The standard InChI is InChI=1S/C19H19BrN2O6/c1-3-9-25-13-6-5-12(10-15(13)24-4-2)19(23)26-11-17-21-22-18(28-17)14-7-8-16(20)27-14/h5-8,10H,3-4,9,11H2,1-2H3. The molecule has 0 N–H and O–H groups in total. The van der Waals surface area contributed by atoms with E-state index in [9.17, 15) is 4.79 Å². The summed E-state index contributed by atoms with van der Waals surface area (Å²) in [5, 5.41) is 7.72. The third kappa shape index (κ3) is 4.92. The molecule has 8 nitrogen and oxygen atoms in total. The predicted octanol–water partition coefficient (Wildman–Crippen LogP) is 4.64. The first-order chi connectivity index (χ1) is 13.6. The van der Waals surface area contributed by atoms with Gasteiger partial charge in [0.2, 0.25) is 0 Å². The molecule has 0 amide bonds. The summed E-state index contributed by atoms with van der Waals surface area (Å²) in [6, 6.07) is 8.30. The third-order valence-corrected chi connectivity index (χ3v) is 3.94. The van der Waals surface area contributed by atoms with E-state index in [-0.39, 0.29) is 18.4 Å². The van der Waals surface area contributed by atoms with E-state index in [0.29, 0.717) is 40.7 Å². The molecule has 2 heterocycles. The molecular formula is C19H19BrN2O6. The maximum absolute atomic E-state index is 12.3. The van der Waals surface area contributed by atoms with E-state index in [0.717, 1.165) is 6.42 Å². The molecule has 0 aliphatic carbocycles. The SMILES string of the molecule is CCCOc1ccc(C(=O)OCc2nnc(-c3ccc(Br)o3)o2)cc1OCC. The molecular weight excluding hydrogens is 432 g/mol. The maximum atomic E-state index is 12.3. The van der Waals surface area contributed by atoms with Crippen LogP contribution in [0.1, 0.15) is 36.5 Å². The molecule has 0 atom stereocenters. The average Bonchev–Trinajstić information content (AvgIpc) is 3.34. The molecule has 2 aromatic heterocycles. The van der Waals surface area contributed by atoms with Crippen molar-refractivity contribution < 1.29 is 27.8 Å². The van der Waals surface area contributed by atoms with Gasteiger partial charge >= 0.3 is 5.97 Å². The molecule has 0 fully saturated rings. The number of ether oxygens (including phenoxy) is 3. The van der Waals surface area contributed by atoms with Crippen LogP contribution in [-0.2, 0) is 11.3 Å². The highest BCUT2D eigenvalue weighted by Crippen LogP contribution is 2.29. The van der Waals surface area contributed by atoms with Crippen LogP contribution in [0.3, 0.4) is 0 Å². The zero-order valence-corrected chi connectivity index (χ0v) is 17.0. The van der Waals surface area contributed by atoms with Crippen LogP contribution in [0.25, 0.3) is 11.7 Å². The largest absolute Gasteiger partial charge is 0.490 e. The van der Waals surface area contributed by atoms with Crippen LogP contribution < -0.4 is 9.47 Å². The molecule has 0 bridgehead atoms. The topological polar surface area (TPSA) is 96.8 Å². The minimum absolute atomic E-state index is 0.156. The summed E-state index contributed by atoms with van der Waals surface area (Å²) in [5.41, 5.74) is 0.335. The van der Waals surface area contributed by atoms with Crippen LogP contribution in [0.2, 0.25) is 0 Å². The lowest BCUT2D eigenvalue weighted by Crippen LogP contribution is -2.07. The lowest BCUT2D eigenvalue weighted by atomic mass is 10.2. The summed E-state index contributed by atoms with van der Waals surface area (Å²) in [7, 11) is 0. The van der Waals surface area contributed by atoms with Crippen molar-refractivity contribution in [1.29, 1.82) is 0 Å². The number of hydrogen-bond acceptors (Lipinski definition) is 8. The van der Waals surface area contributed by atoms with Crippen LogP contribution in [0, 0.1) is 0 Å². The van der Waals surface area contributed by atoms with Gasteiger partial charge in [-0.1, -0.05) is 6.92 Å². The normalized spacial score (nSPS) is 10.7. The number of hydrogen-bond donors (Lipinski definition) is 0. The number of rotatable bonds is 9. The first-order valence-electron chi connectivity index (χ1n) is 8.75. The average molecular weight is 451 g/mol. The van der Waals surface area contributed by atoms with Gasteiger partial charge in [-0.3, -0.25) is 0 Å². The summed E-state index contributed by atoms with van der Waals surface area (Å²) in [6.45, 7) is 4.73. The molecule has 9 heteroatoms. The van der Waals surface area contributed by atoms with Gasteiger partial charge in [0.25, 0.3) is 11.8 Å². The number of esters is 1. The predicted molar refractivity (Wildman–Crippen MR) is 102 cm³/mol. The van der Waals surface area contributed by atoms with Gasteiger partial charge in [0, 0.05) is 0 Å². The van der Waals surface area contributed by atoms with Gasteiger partial charge in [0.05, 0.1) is 18.8 Å². The Morgan fingerprint density at radius 2 is 1.93 bits per heavy atom. The number of nitrogens with zero attached hydrogens (tertiary/aromatic N) is 2. The highest BCUT2D eigenvalue weighted by atomic mass is 79.9. The van der Waals surface area contributed by atoms with Gasteiger partial charge in [-0.25, -0.2) is 4.79 Å². The van der Waals surface area contributed by atoms with Gasteiger partial charge < -0.3 is 23.0 Å². The Balaban J connectivity index is 1.64. The van der Waals surface area contributed by atoms with Gasteiger partial charge in [0.15, 0.2) is 28.5 Å². The summed E-state index contributed by atoms with van der Waals surface area (Å²) in [6.07, 6.45) is 0.872. The van der Waals surface area contributed by atoms with E-state index in [1.165, 1.54) is 0 Å². The molecule has 0 saturated heterocycles. The summed E-state index contributed by atoms with van der Waals surface area (Å²) in [5.74, 6) is 1.32. The quantitative estimate of drug-likeness (QED) is 0.435. The minimum atomic E-state index is -0.538. The third-order valence-electron chi connectivity index (χ3n) is 3.52. The smallest absolute Gasteiger partial charge is 0.338 e. The highest BCUT2D eigenvalue weighted by Gasteiger charge is 2.16. The van der Waals surface area contributed by atoms with E-state index >= 15 is 0 Å². The molecule has 0 aliphatic heterocycles. The first kappa shape index (κ1) is 19.9. The second kappa shape index (κ2) is 9.41. The Labute approximate surface area is 169 Å². The monoisotopic (exact) mass is 450 g/mol. The van der Waals surface area contributed by atoms with Crippen molar-refractivity contribution in [1.82, 2.24) is 10.2 Å². The van der Waals surface area contributed by atoms with E-state index < -0.39 is 5.97 Å². The zero-order valence-electron chi connectivity index (χ0n) is 15.4. The fourth-order valence-electron chi connectivity index (χ4n) is 2.29. The number of carbonyl (C=O) groups is 1. The van der Waals surface area contributed by atoms with Crippen LogP contribution in [-0.4, -0.2) is 29.4 Å². The Kier molecular flexibility index (Phi) is 6.70. The van der Waals surface area contributed by atoms with E-state index in [1.807, 2.05) is 13.8 Å². The lowest BCUT2D eigenvalue weighted by molar-refractivity contribution is 0.0438. The van der Waals surface area contributed by atoms with Crippen molar-refractivity contribution in [3.63, 3.8) is 0 Å². The van der Waals surface area contributed by atoms with Crippen LogP contribution in [0.5, 0.6) is 11.5 Å². The summed E-state index contributed by atoms with van der Waals surface area (Å²) in [4.78, 5) is 12.3. The Bertz CT molecular complexity index is 936. The Morgan fingerprint density at radius 1 is 1.07 bits per heavy atom. The highest BCUT2D eigenvalue weighted by molar-refractivity contribution is 9.10. The molecule has 3 rings (SSSR count). The lowest BCUT2D eigenvalue weighted by Gasteiger charge is -2.12. The molecule has 0 saturated carbocycles. The van der Waals surface area contributed by atoms with Crippen molar-refractivity contribution in [2.75, 3.05) is 13.2 Å². The molecule has 148 valence electrons. The van der Waals surface area contributed by atoms with Gasteiger partial charge in [0.1, 0.15) is 0 Å². The summed E-state index contributed by atoms with van der Waals surface area (Å²) < 4.78 is 27.8. The molecule has 0 aliphatic rings. The Morgan fingerprint density at radius 3 is 2.64 bits per heavy atom. The van der Waals surface area contributed by atoms with Crippen molar-refractivity contribution in [2.45, 2.75) is 26.9 Å². The number of halogens is 1. The van der Waals surface area contributed by atoms with Crippen LogP contribution >= 0.6 is 15.9 Å². The zero-order chi connectivity index (χ0) is 19.9. The number of carbonyl (C=O) groups excluding carboxylic acids is 1. The second-order valence-electron chi connectivity index (χ2n) is 5.62. The maximum Gasteiger partial charge on any atom is 0.338 e. The number of aromatic nitrogens is 2. The van der Waals surface area contributed by atoms with Crippen molar-refractivity contribution in [3.05, 3.63) is 46.5 Å². The van der Waals surface area contributed by atoms with Gasteiger partial charge in [-0.05, 0) is 59.6 Å². The molecule has 3 aromatic rings. The second-order valence-corrected chi connectivity index (χ2v) is 6.41. The van der Waals surface area contributed by atoms with Gasteiger partial charge in [-0.2, -0.15) is 0 Å². The first-order valence-corrected chi connectivity index (χ1v) is 9.54. The van der Waals surface area contributed by atoms with E-state index in [1.54, 1.807) is 30.3 Å². The van der Waals surface area contributed by atoms with Crippen LogP contribution in [0.4, 0.5) is 0 Å². The molecule has 0 spiro atoms. The fraction of sp³-hybridized carbons (Fsp3) is 0.316. The molecule has 1 aromatic carbocycles. The van der Waals surface area contributed by atoms with Gasteiger partial charge in [-0.15, -0.1) is 10.2 Å². The van der Waals surface area contributed by atoms with Crippen molar-refractivity contribution in [3.8, 4) is 23.1 Å². The number of benzene rings is 1. The summed E-state index contributed by atoms with van der Waals surface area (Å²) >= 11 is 3.20. The van der Waals surface area contributed by atoms with Crippen molar-refractivity contribution >= 4 is 21.9 Å². The number of furan rings is 1. The van der Waals surface area contributed by atoms with E-state index in [2.05, 4.69) is 26.1 Å². The van der Waals surface area contributed by atoms with Crippen LogP contribution in [0.15, 0.2) is 43.8 Å². The Hall–Kier alpha value is -2.81. The molecule has 0 radical (unpaired) electrons. The molecule has 0 unspecified atom stereocenters. The fourth-order valence-corrected chi connectivity index (χ4v) is 2.59. The van der Waals surface area contributed by atoms with Crippen molar-refractivity contribution in [2.24, 2.45) is 0 Å². The minimum Gasteiger partial charge on any atom is -0.490 e.